The Balaban J connectivity index is 2.68. The van der Waals surface area contributed by atoms with Gasteiger partial charge in [-0.2, -0.15) is 11.8 Å². The summed E-state index contributed by atoms with van der Waals surface area (Å²) in [5, 5.41) is 2.86. The first-order chi connectivity index (χ1) is 8.69. The van der Waals surface area contributed by atoms with Gasteiger partial charge < -0.3 is 15.8 Å². The van der Waals surface area contributed by atoms with Gasteiger partial charge in [0.2, 0.25) is 0 Å². The third-order valence-corrected chi connectivity index (χ3v) is 3.03. The number of hydrogen-bond donors (Lipinski definition) is 2. The van der Waals surface area contributed by atoms with Gasteiger partial charge in [-0.1, -0.05) is 6.07 Å². The molecule has 0 fully saturated rings. The monoisotopic (exact) mass is 268 g/mol. The number of nitrogens with one attached hydrogen (secondary N) is 1. The second kappa shape index (κ2) is 8.00. The van der Waals surface area contributed by atoms with Gasteiger partial charge in [-0.25, -0.2) is 0 Å². The van der Waals surface area contributed by atoms with E-state index >= 15 is 0 Å². The van der Waals surface area contributed by atoms with Gasteiger partial charge >= 0.3 is 0 Å². The second-order valence-electron chi connectivity index (χ2n) is 3.87. The molecule has 0 heterocycles. The lowest BCUT2D eigenvalue weighted by Gasteiger charge is -2.10. The van der Waals surface area contributed by atoms with Crippen molar-refractivity contribution in [2.45, 2.75) is 6.92 Å². The van der Waals surface area contributed by atoms with Crippen LogP contribution >= 0.6 is 11.8 Å². The number of amides is 1. The summed E-state index contributed by atoms with van der Waals surface area (Å²) in [6, 6.07) is 5.45. The summed E-state index contributed by atoms with van der Waals surface area (Å²) in [6.07, 6.45) is 2.01. The van der Waals surface area contributed by atoms with Crippen molar-refractivity contribution in [3.63, 3.8) is 0 Å². The molecule has 100 valence electrons. The molecule has 0 aliphatic heterocycles. The van der Waals surface area contributed by atoms with Crippen molar-refractivity contribution in [1.82, 2.24) is 5.32 Å². The van der Waals surface area contributed by atoms with Crippen LogP contribution in [-0.4, -0.2) is 37.6 Å². The van der Waals surface area contributed by atoms with E-state index in [2.05, 4.69) is 5.32 Å². The first kappa shape index (κ1) is 14.9. The van der Waals surface area contributed by atoms with E-state index in [9.17, 15) is 4.79 Å². The maximum atomic E-state index is 11.9. The van der Waals surface area contributed by atoms with Crippen LogP contribution in [-0.2, 0) is 0 Å². The maximum absolute atomic E-state index is 11.9. The summed E-state index contributed by atoms with van der Waals surface area (Å²) in [5.74, 6) is 1.56. The van der Waals surface area contributed by atoms with Crippen molar-refractivity contribution in [1.29, 1.82) is 0 Å². The molecule has 0 radical (unpaired) electrons. The highest BCUT2D eigenvalue weighted by molar-refractivity contribution is 7.98. The number of carbonyl (C=O) groups excluding carboxylic acids is 1. The van der Waals surface area contributed by atoms with E-state index in [1.807, 2.05) is 19.2 Å². The van der Waals surface area contributed by atoms with Crippen molar-refractivity contribution < 1.29 is 9.53 Å². The molecule has 18 heavy (non-hydrogen) atoms. The van der Waals surface area contributed by atoms with Gasteiger partial charge in [-0.15, -0.1) is 0 Å². The number of carbonyl (C=O) groups is 1. The number of aryl methyl sites for hydroxylation is 1. The van der Waals surface area contributed by atoms with E-state index < -0.39 is 0 Å². The van der Waals surface area contributed by atoms with Gasteiger partial charge in [-0.3, -0.25) is 4.79 Å². The minimum absolute atomic E-state index is 0.0679. The van der Waals surface area contributed by atoms with Crippen LogP contribution < -0.4 is 15.8 Å². The molecule has 5 heteroatoms. The largest absolute Gasteiger partial charge is 0.492 e. The molecular formula is C13H20N2O2S. The summed E-state index contributed by atoms with van der Waals surface area (Å²) in [6.45, 7) is 3.54. The SMILES string of the molecule is CSCCNC(=O)c1ccc(C)c(OCCN)c1. The van der Waals surface area contributed by atoms with E-state index in [-0.39, 0.29) is 5.91 Å². The Kier molecular flexibility index (Phi) is 6.60. The van der Waals surface area contributed by atoms with E-state index in [1.54, 1.807) is 23.9 Å². The summed E-state index contributed by atoms with van der Waals surface area (Å²) in [4.78, 5) is 11.9. The predicted octanol–water partition coefficient (Wildman–Crippen LogP) is 1.43. The highest BCUT2D eigenvalue weighted by Gasteiger charge is 2.08. The van der Waals surface area contributed by atoms with Gasteiger partial charge in [0.25, 0.3) is 5.91 Å². The summed E-state index contributed by atoms with van der Waals surface area (Å²) in [5.41, 5.74) is 7.02. The molecule has 0 bridgehead atoms. The molecule has 0 aliphatic rings. The highest BCUT2D eigenvalue weighted by atomic mass is 32.2. The fraction of sp³-hybridized carbons (Fsp3) is 0.462. The third kappa shape index (κ3) is 4.58. The topological polar surface area (TPSA) is 64.3 Å². The van der Waals surface area contributed by atoms with Crippen LogP contribution in [0.15, 0.2) is 18.2 Å². The summed E-state index contributed by atoms with van der Waals surface area (Å²) < 4.78 is 5.49. The number of rotatable bonds is 7. The number of hydrogen-bond acceptors (Lipinski definition) is 4. The number of ether oxygens (including phenoxy) is 1. The van der Waals surface area contributed by atoms with Gasteiger partial charge in [-0.05, 0) is 30.9 Å². The molecule has 3 N–H and O–H groups in total. The van der Waals surface area contributed by atoms with Crippen molar-refractivity contribution in [3.8, 4) is 5.75 Å². The first-order valence-corrected chi connectivity index (χ1v) is 7.29. The smallest absolute Gasteiger partial charge is 0.251 e. The van der Waals surface area contributed by atoms with Crippen molar-refractivity contribution in [2.75, 3.05) is 31.7 Å². The Morgan fingerprint density at radius 3 is 2.94 bits per heavy atom. The Morgan fingerprint density at radius 1 is 1.50 bits per heavy atom. The fourth-order valence-corrected chi connectivity index (χ4v) is 1.74. The van der Waals surface area contributed by atoms with Crippen molar-refractivity contribution >= 4 is 17.7 Å². The third-order valence-electron chi connectivity index (χ3n) is 2.42. The standard InChI is InChI=1S/C13H20N2O2S/c1-10-3-4-11(9-12(10)17-7-5-14)13(16)15-6-8-18-2/h3-4,9H,5-8,14H2,1-2H3,(H,15,16). The number of benzene rings is 1. The molecule has 0 saturated carbocycles. The molecule has 1 rings (SSSR count). The number of thioether (sulfide) groups is 1. The first-order valence-electron chi connectivity index (χ1n) is 5.89. The van der Waals surface area contributed by atoms with E-state index in [0.717, 1.165) is 17.1 Å². The predicted molar refractivity (Wildman–Crippen MR) is 76.4 cm³/mol. The summed E-state index contributed by atoms with van der Waals surface area (Å²) in [7, 11) is 0. The molecular weight excluding hydrogens is 248 g/mol. The van der Waals surface area contributed by atoms with Gasteiger partial charge in [0.1, 0.15) is 12.4 Å². The average Bonchev–Trinajstić information content (AvgIpc) is 2.38. The molecule has 0 saturated heterocycles. The minimum Gasteiger partial charge on any atom is -0.492 e. The molecule has 1 aromatic rings. The number of nitrogens with two attached hydrogens (primary N) is 1. The lowest BCUT2D eigenvalue weighted by atomic mass is 10.1. The molecule has 4 nitrogen and oxygen atoms in total. The van der Waals surface area contributed by atoms with Crippen LogP contribution in [0.2, 0.25) is 0 Å². The van der Waals surface area contributed by atoms with Crippen LogP contribution in [0.4, 0.5) is 0 Å². The molecule has 0 aromatic heterocycles. The zero-order valence-electron chi connectivity index (χ0n) is 10.9. The zero-order chi connectivity index (χ0) is 13.4. The van der Waals surface area contributed by atoms with Gasteiger partial charge in [0.15, 0.2) is 0 Å². The quantitative estimate of drug-likeness (QED) is 0.734. The van der Waals surface area contributed by atoms with Crippen LogP contribution in [0.3, 0.4) is 0 Å². The highest BCUT2D eigenvalue weighted by Crippen LogP contribution is 2.19. The van der Waals surface area contributed by atoms with E-state index in [1.165, 1.54) is 0 Å². The van der Waals surface area contributed by atoms with Crippen LogP contribution in [0.25, 0.3) is 0 Å². The Morgan fingerprint density at radius 2 is 2.28 bits per heavy atom. The molecule has 1 amide bonds. The van der Waals surface area contributed by atoms with Crippen LogP contribution in [0.1, 0.15) is 15.9 Å². The minimum atomic E-state index is -0.0679. The van der Waals surface area contributed by atoms with Crippen molar-refractivity contribution in [3.05, 3.63) is 29.3 Å². The van der Waals surface area contributed by atoms with E-state index in [4.69, 9.17) is 10.5 Å². The molecule has 0 atom stereocenters. The zero-order valence-corrected chi connectivity index (χ0v) is 11.7. The van der Waals surface area contributed by atoms with Gasteiger partial charge in [0.05, 0.1) is 0 Å². The molecule has 0 unspecified atom stereocenters. The van der Waals surface area contributed by atoms with Crippen molar-refractivity contribution in [2.24, 2.45) is 5.73 Å². The molecule has 0 spiro atoms. The normalized spacial score (nSPS) is 10.2. The second-order valence-corrected chi connectivity index (χ2v) is 4.85. The molecule has 1 aromatic carbocycles. The Labute approximate surface area is 112 Å². The fourth-order valence-electron chi connectivity index (χ4n) is 1.43. The average molecular weight is 268 g/mol. The lowest BCUT2D eigenvalue weighted by molar-refractivity contribution is 0.0955. The van der Waals surface area contributed by atoms with Crippen LogP contribution in [0, 0.1) is 6.92 Å². The molecule has 0 aliphatic carbocycles. The lowest BCUT2D eigenvalue weighted by Crippen LogP contribution is -2.25. The Bertz CT molecular complexity index is 397. The van der Waals surface area contributed by atoms with E-state index in [0.29, 0.717) is 25.3 Å². The van der Waals surface area contributed by atoms with Gasteiger partial charge in [0, 0.05) is 24.4 Å². The summed E-state index contributed by atoms with van der Waals surface area (Å²) >= 11 is 1.70. The Hall–Kier alpha value is -1.20. The van der Waals surface area contributed by atoms with Crippen LogP contribution in [0.5, 0.6) is 5.75 Å². The maximum Gasteiger partial charge on any atom is 0.251 e.